The molecule has 23 heavy (non-hydrogen) atoms. The third-order valence-electron chi connectivity index (χ3n) is 3.77. The van der Waals surface area contributed by atoms with E-state index in [-0.39, 0.29) is 17.3 Å². The average Bonchev–Trinajstić information content (AvgIpc) is 2.48. The lowest BCUT2D eigenvalue weighted by atomic mass is 9.85. The standard InChI is InChI=1S/C17H19ClFNO2S/c1-12-10-15(8-9-16(12)18)23(21,22)20-11-17(2,3)13-4-6-14(19)7-5-13/h4-10,20H,11H2,1-3H3. The number of hydrogen-bond donors (Lipinski definition) is 1. The van der Waals surface area contributed by atoms with Gasteiger partial charge in [-0.1, -0.05) is 37.6 Å². The van der Waals surface area contributed by atoms with Gasteiger partial charge in [-0.25, -0.2) is 17.5 Å². The van der Waals surface area contributed by atoms with Gasteiger partial charge in [0, 0.05) is 17.0 Å². The predicted octanol–water partition coefficient (Wildman–Crippen LogP) is 4.04. The van der Waals surface area contributed by atoms with Crippen molar-refractivity contribution in [2.24, 2.45) is 0 Å². The molecule has 0 aromatic heterocycles. The fourth-order valence-corrected chi connectivity index (χ4v) is 3.56. The van der Waals surface area contributed by atoms with E-state index in [1.807, 2.05) is 13.8 Å². The lowest BCUT2D eigenvalue weighted by Gasteiger charge is -2.25. The molecular formula is C17H19ClFNO2S. The number of benzene rings is 2. The molecule has 0 aliphatic rings. The molecule has 0 aliphatic heterocycles. The maximum absolute atomic E-state index is 13.0. The predicted molar refractivity (Wildman–Crippen MR) is 90.8 cm³/mol. The number of aryl methyl sites for hydroxylation is 1. The molecule has 0 saturated carbocycles. The Morgan fingerprint density at radius 1 is 1.13 bits per heavy atom. The summed E-state index contributed by atoms with van der Waals surface area (Å²) < 4.78 is 40.5. The van der Waals surface area contributed by atoms with Crippen LogP contribution >= 0.6 is 11.6 Å². The third-order valence-corrected chi connectivity index (χ3v) is 5.59. The van der Waals surface area contributed by atoms with E-state index in [0.29, 0.717) is 10.6 Å². The van der Waals surface area contributed by atoms with E-state index in [1.54, 1.807) is 25.1 Å². The summed E-state index contributed by atoms with van der Waals surface area (Å²) in [5, 5.41) is 0.524. The van der Waals surface area contributed by atoms with Crippen molar-refractivity contribution in [2.75, 3.05) is 6.54 Å². The highest BCUT2D eigenvalue weighted by Crippen LogP contribution is 2.24. The van der Waals surface area contributed by atoms with Gasteiger partial charge in [-0.05, 0) is 48.4 Å². The smallest absolute Gasteiger partial charge is 0.210 e. The SMILES string of the molecule is Cc1cc(S(=O)(=O)NCC(C)(C)c2ccc(F)cc2)ccc1Cl. The quantitative estimate of drug-likeness (QED) is 0.879. The van der Waals surface area contributed by atoms with Crippen LogP contribution in [0.25, 0.3) is 0 Å². The summed E-state index contributed by atoms with van der Waals surface area (Å²) in [6, 6.07) is 10.6. The first-order valence-corrected chi connectivity index (χ1v) is 9.00. The molecule has 0 fully saturated rings. The molecule has 3 nitrogen and oxygen atoms in total. The molecule has 0 amide bonds. The Morgan fingerprint density at radius 2 is 1.74 bits per heavy atom. The Bertz CT molecular complexity index is 802. The number of nitrogens with one attached hydrogen (secondary N) is 1. The highest BCUT2D eigenvalue weighted by molar-refractivity contribution is 7.89. The largest absolute Gasteiger partial charge is 0.240 e. The molecule has 1 N–H and O–H groups in total. The Morgan fingerprint density at radius 3 is 2.30 bits per heavy atom. The van der Waals surface area contributed by atoms with Gasteiger partial charge in [0.25, 0.3) is 0 Å². The van der Waals surface area contributed by atoms with Crippen LogP contribution in [-0.4, -0.2) is 15.0 Å². The average molecular weight is 356 g/mol. The summed E-state index contributed by atoms with van der Waals surface area (Å²) in [7, 11) is -3.63. The van der Waals surface area contributed by atoms with E-state index < -0.39 is 15.4 Å². The highest BCUT2D eigenvalue weighted by atomic mass is 35.5. The van der Waals surface area contributed by atoms with E-state index in [2.05, 4.69) is 4.72 Å². The molecule has 0 saturated heterocycles. The van der Waals surface area contributed by atoms with Gasteiger partial charge in [0.15, 0.2) is 0 Å². The van der Waals surface area contributed by atoms with Gasteiger partial charge in [0.05, 0.1) is 4.90 Å². The minimum atomic E-state index is -3.63. The fraction of sp³-hybridized carbons (Fsp3) is 0.294. The zero-order valence-electron chi connectivity index (χ0n) is 13.2. The molecule has 0 atom stereocenters. The van der Waals surface area contributed by atoms with Crippen LogP contribution in [0.4, 0.5) is 4.39 Å². The first-order valence-electron chi connectivity index (χ1n) is 7.14. The molecule has 0 bridgehead atoms. The summed E-state index contributed by atoms with van der Waals surface area (Å²) in [6.07, 6.45) is 0. The number of halogens is 2. The van der Waals surface area contributed by atoms with Gasteiger partial charge in [0.1, 0.15) is 5.82 Å². The van der Waals surface area contributed by atoms with Crippen LogP contribution in [0.2, 0.25) is 5.02 Å². The highest BCUT2D eigenvalue weighted by Gasteiger charge is 2.24. The Kier molecular flexibility index (Phi) is 5.14. The van der Waals surface area contributed by atoms with Crippen molar-refractivity contribution in [2.45, 2.75) is 31.1 Å². The second kappa shape index (κ2) is 6.59. The molecule has 2 rings (SSSR count). The molecule has 0 aliphatic carbocycles. The van der Waals surface area contributed by atoms with E-state index in [4.69, 9.17) is 11.6 Å². The van der Waals surface area contributed by atoms with Crippen LogP contribution in [0.3, 0.4) is 0 Å². The van der Waals surface area contributed by atoms with Crippen molar-refractivity contribution in [1.29, 1.82) is 0 Å². The third kappa shape index (κ3) is 4.31. The molecule has 2 aromatic rings. The van der Waals surface area contributed by atoms with Gasteiger partial charge in [-0.2, -0.15) is 0 Å². The minimum absolute atomic E-state index is 0.175. The van der Waals surface area contributed by atoms with E-state index in [1.165, 1.54) is 24.3 Å². The van der Waals surface area contributed by atoms with E-state index in [9.17, 15) is 12.8 Å². The molecule has 0 unspecified atom stereocenters. The molecule has 6 heteroatoms. The Balaban J connectivity index is 2.17. The molecule has 0 radical (unpaired) electrons. The van der Waals surface area contributed by atoms with Crippen molar-refractivity contribution >= 4 is 21.6 Å². The van der Waals surface area contributed by atoms with Gasteiger partial charge in [-0.15, -0.1) is 0 Å². The minimum Gasteiger partial charge on any atom is -0.210 e. The maximum Gasteiger partial charge on any atom is 0.240 e. The van der Waals surface area contributed by atoms with Crippen LogP contribution in [0.15, 0.2) is 47.4 Å². The number of sulfonamides is 1. The van der Waals surface area contributed by atoms with Crippen LogP contribution in [-0.2, 0) is 15.4 Å². The summed E-state index contributed by atoms with van der Waals surface area (Å²) in [6.45, 7) is 5.75. The normalized spacial score (nSPS) is 12.4. The van der Waals surface area contributed by atoms with Crippen molar-refractivity contribution in [3.05, 3.63) is 64.4 Å². The second-order valence-corrected chi connectivity index (χ2v) is 8.30. The zero-order chi connectivity index (χ0) is 17.3. The Labute approximate surface area is 141 Å². The van der Waals surface area contributed by atoms with Crippen molar-refractivity contribution in [1.82, 2.24) is 4.72 Å². The molecule has 2 aromatic carbocycles. The van der Waals surface area contributed by atoms with E-state index >= 15 is 0 Å². The number of rotatable bonds is 5. The lowest BCUT2D eigenvalue weighted by Crippen LogP contribution is -2.36. The van der Waals surface area contributed by atoms with Gasteiger partial charge in [0.2, 0.25) is 10.0 Å². The molecular weight excluding hydrogens is 337 g/mol. The Hall–Kier alpha value is -1.43. The summed E-state index contributed by atoms with van der Waals surface area (Å²) >= 11 is 5.93. The van der Waals surface area contributed by atoms with Crippen molar-refractivity contribution in [3.8, 4) is 0 Å². The molecule has 0 spiro atoms. The molecule has 124 valence electrons. The summed E-state index contributed by atoms with van der Waals surface area (Å²) in [4.78, 5) is 0.175. The van der Waals surface area contributed by atoms with Crippen molar-refractivity contribution in [3.63, 3.8) is 0 Å². The van der Waals surface area contributed by atoms with Gasteiger partial charge < -0.3 is 0 Å². The molecule has 0 heterocycles. The second-order valence-electron chi connectivity index (χ2n) is 6.13. The maximum atomic E-state index is 13.0. The monoisotopic (exact) mass is 355 g/mol. The topological polar surface area (TPSA) is 46.2 Å². The first-order chi connectivity index (χ1) is 10.6. The van der Waals surface area contributed by atoms with Crippen LogP contribution in [0.1, 0.15) is 25.0 Å². The van der Waals surface area contributed by atoms with E-state index in [0.717, 1.165) is 5.56 Å². The van der Waals surface area contributed by atoms with Gasteiger partial charge >= 0.3 is 0 Å². The van der Waals surface area contributed by atoms with Gasteiger partial charge in [-0.3, -0.25) is 0 Å². The zero-order valence-corrected chi connectivity index (χ0v) is 14.8. The van der Waals surface area contributed by atoms with Crippen LogP contribution < -0.4 is 4.72 Å². The summed E-state index contributed by atoms with van der Waals surface area (Å²) in [5.74, 6) is -0.318. The fourth-order valence-electron chi connectivity index (χ4n) is 2.15. The summed E-state index contributed by atoms with van der Waals surface area (Å²) in [5.41, 5.74) is 1.09. The first kappa shape index (κ1) is 17.9. The lowest BCUT2D eigenvalue weighted by molar-refractivity contribution is 0.500. The van der Waals surface area contributed by atoms with Crippen LogP contribution in [0.5, 0.6) is 0 Å². The van der Waals surface area contributed by atoms with Crippen molar-refractivity contribution < 1.29 is 12.8 Å². The number of hydrogen-bond acceptors (Lipinski definition) is 2. The van der Waals surface area contributed by atoms with Crippen LogP contribution in [0, 0.1) is 12.7 Å².